The molecule has 0 unspecified atom stereocenters. The van der Waals surface area contributed by atoms with E-state index in [1.54, 1.807) is 6.07 Å². The lowest BCUT2D eigenvalue weighted by atomic mass is 10.2. The van der Waals surface area contributed by atoms with Crippen LogP contribution in [0, 0.1) is 0 Å². The SMILES string of the molecule is O=C(O)c1cc(Cl)nc(N2CCNCC2)c1. The van der Waals surface area contributed by atoms with Crippen LogP contribution >= 0.6 is 11.6 Å². The van der Waals surface area contributed by atoms with Gasteiger partial charge in [0.2, 0.25) is 0 Å². The Morgan fingerprint density at radius 1 is 1.44 bits per heavy atom. The summed E-state index contributed by atoms with van der Waals surface area (Å²) in [6.45, 7) is 3.37. The van der Waals surface area contributed by atoms with E-state index in [0.717, 1.165) is 26.2 Å². The summed E-state index contributed by atoms with van der Waals surface area (Å²) in [7, 11) is 0. The van der Waals surface area contributed by atoms with Gasteiger partial charge in [-0.1, -0.05) is 11.6 Å². The molecule has 1 aromatic heterocycles. The fourth-order valence-corrected chi connectivity index (χ4v) is 1.87. The van der Waals surface area contributed by atoms with Crippen molar-refractivity contribution in [3.63, 3.8) is 0 Å². The molecule has 2 N–H and O–H groups in total. The van der Waals surface area contributed by atoms with E-state index >= 15 is 0 Å². The van der Waals surface area contributed by atoms with Crippen LogP contribution in [0.15, 0.2) is 12.1 Å². The molecule has 0 spiro atoms. The first-order valence-electron chi connectivity index (χ1n) is 5.03. The number of nitrogens with zero attached hydrogens (tertiary/aromatic N) is 2. The zero-order valence-electron chi connectivity index (χ0n) is 8.61. The molecular formula is C10H12ClN3O2. The Morgan fingerprint density at radius 3 is 2.75 bits per heavy atom. The van der Waals surface area contributed by atoms with E-state index in [2.05, 4.69) is 10.3 Å². The van der Waals surface area contributed by atoms with Crippen LogP contribution in [0.3, 0.4) is 0 Å². The van der Waals surface area contributed by atoms with Crippen LogP contribution < -0.4 is 10.2 Å². The molecule has 2 rings (SSSR count). The Hall–Kier alpha value is -1.33. The zero-order valence-corrected chi connectivity index (χ0v) is 9.37. The maximum Gasteiger partial charge on any atom is 0.335 e. The number of hydrogen-bond acceptors (Lipinski definition) is 4. The van der Waals surface area contributed by atoms with Crippen LogP contribution in [0.4, 0.5) is 5.82 Å². The quantitative estimate of drug-likeness (QED) is 0.752. The normalized spacial score (nSPS) is 16.2. The largest absolute Gasteiger partial charge is 0.478 e. The molecule has 0 radical (unpaired) electrons. The molecular weight excluding hydrogens is 230 g/mol. The second-order valence-corrected chi connectivity index (χ2v) is 3.97. The van der Waals surface area contributed by atoms with Crippen LogP contribution in [-0.4, -0.2) is 42.2 Å². The van der Waals surface area contributed by atoms with E-state index in [1.165, 1.54) is 6.07 Å². The summed E-state index contributed by atoms with van der Waals surface area (Å²) in [6, 6.07) is 2.91. The number of rotatable bonds is 2. The van der Waals surface area contributed by atoms with Gasteiger partial charge in [-0.25, -0.2) is 9.78 Å². The van der Waals surface area contributed by atoms with Gasteiger partial charge in [0, 0.05) is 26.2 Å². The fourth-order valence-electron chi connectivity index (χ4n) is 1.66. The summed E-state index contributed by atoms with van der Waals surface area (Å²) in [5.41, 5.74) is 0.175. The minimum atomic E-state index is -0.985. The average Bonchev–Trinajstić information content (AvgIpc) is 2.29. The Kier molecular flexibility index (Phi) is 3.26. The van der Waals surface area contributed by atoms with Crippen molar-refractivity contribution in [1.29, 1.82) is 0 Å². The lowest BCUT2D eigenvalue weighted by Gasteiger charge is -2.28. The van der Waals surface area contributed by atoms with E-state index in [1.807, 2.05) is 4.90 Å². The number of anilines is 1. The van der Waals surface area contributed by atoms with Gasteiger partial charge in [0.1, 0.15) is 11.0 Å². The molecule has 0 atom stereocenters. The molecule has 6 heteroatoms. The molecule has 0 aromatic carbocycles. The first-order valence-corrected chi connectivity index (χ1v) is 5.41. The molecule has 86 valence electrons. The Morgan fingerprint density at radius 2 is 2.12 bits per heavy atom. The lowest BCUT2D eigenvalue weighted by Crippen LogP contribution is -2.44. The van der Waals surface area contributed by atoms with Crippen LogP contribution in [0.5, 0.6) is 0 Å². The topological polar surface area (TPSA) is 65.5 Å². The van der Waals surface area contributed by atoms with Crippen molar-refractivity contribution < 1.29 is 9.90 Å². The van der Waals surface area contributed by atoms with Gasteiger partial charge < -0.3 is 15.3 Å². The van der Waals surface area contributed by atoms with Crippen LogP contribution in [0.2, 0.25) is 5.15 Å². The number of nitrogens with one attached hydrogen (secondary N) is 1. The van der Waals surface area contributed by atoms with Crippen LogP contribution in [0.25, 0.3) is 0 Å². The van der Waals surface area contributed by atoms with Gasteiger partial charge in [0.05, 0.1) is 5.56 Å². The number of halogens is 1. The number of pyridine rings is 1. The van der Waals surface area contributed by atoms with Gasteiger partial charge in [-0.05, 0) is 12.1 Å². The number of carboxylic acids is 1. The van der Waals surface area contributed by atoms with Gasteiger partial charge in [0.15, 0.2) is 0 Å². The summed E-state index contributed by atoms with van der Waals surface area (Å²) in [5.74, 6) is -0.355. The van der Waals surface area contributed by atoms with E-state index in [-0.39, 0.29) is 10.7 Å². The number of piperazine rings is 1. The van der Waals surface area contributed by atoms with Crippen molar-refractivity contribution in [3.8, 4) is 0 Å². The predicted molar refractivity (Wildman–Crippen MR) is 61.3 cm³/mol. The Labute approximate surface area is 98.0 Å². The molecule has 1 aromatic rings. The second-order valence-electron chi connectivity index (χ2n) is 3.58. The first-order chi connectivity index (χ1) is 7.66. The molecule has 0 bridgehead atoms. The van der Waals surface area contributed by atoms with Gasteiger partial charge in [-0.2, -0.15) is 0 Å². The summed E-state index contributed by atoms with van der Waals surface area (Å²) in [4.78, 5) is 17.0. The van der Waals surface area contributed by atoms with Gasteiger partial charge in [-0.15, -0.1) is 0 Å². The molecule has 5 nitrogen and oxygen atoms in total. The minimum absolute atomic E-state index is 0.175. The monoisotopic (exact) mass is 241 g/mol. The molecule has 0 saturated carbocycles. The molecule has 2 heterocycles. The summed E-state index contributed by atoms with van der Waals surface area (Å²) < 4.78 is 0. The average molecular weight is 242 g/mol. The van der Waals surface area contributed by atoms with Crippen LogP contribution in [-0.2, 0) is 0 Å². The highest BCUT2D eigenvalue weighted by Gasteiger charge is 2.15. The minimum Gasteiger partial charge on any atom is -0.478 e. The summed E-state index contributed by atoms with van der Waals surface area (Å²) >= 11 is 5.80. The zero-order chi connectivity index (χ0) is 11.5. The van der Waals surface area contributed by atoms with Crippen molar-refractivity contribution in [1.82, 2.24) is 10.3 Å². The van der Waals surface area contributed by atoms with Gasteiger partial charge in [-0.3, -0.25) is 0 Å². The van der Waals surface area contributed by atoms with Crippen LogP contribution in [0.1, 0.15) is 10.4 Å². The van der Waals surface area contributed by atoms with Crippen molar-refractivity contribution in [2.75, 3.05) is 31.1 Å². The van der Waals surface area contributed by atoms with Gasteiger partial charge in [0.25, 0.3) is 0 Å². The summed E-state index contributed by atoms with van der Waals surface area (Å²) in [5, 5.41) is 12.3. The molecule has 1 fully saturated rings. The third kappa shape index (κ3) is 2.43. The first kappa shape index (κ1) is 11.2. The van der Waals surface area contributed by atoms with Crippen molar-refractivity contribution in [2.24, 2.45) is 0 Å². The van der Waals surface area contributed by atoms with E-state index in [0.29, 0.717) is 5.82 Å². The number of hydrogen-bond donors (Lipinski definition) is 2. The van der Waals surface area contributed by atoms with Crippen molar-refractivity contribution in [3.05, 3.63) is 22.8 Å². The number of carboxylic acid groups (broad SMARTS) is 1. The third-order valence-corrected chi connectivity index (χ3v) is 2.66. The van der Waals surface area contributed by atoms with Crippen molar-refractivity contribution in [2.45, 2.75) is 0 Å². The van der Waals surface area contributed by atoms with E-state index < -0.39 is 5.97 Å². The molecule has 0 amide bonds. The Bertz CT molecular complexity index is 405. The smallest absolute Gasteiger partial charge is 0.335 e. The number of aromatic carboxylic acids is 1. The maximum atomic E-state index is 10.9. The van der Waals surface area contributed by atoms with Gasteiger partial charge >= 0.3 is 5.97 Å². The number of carbonyl (C=O) groups is 1. The second kappa shape index (κ2) is 4.67. The highest BCUT2D eigenvalue weighted by molar-refractivity contribution is 6.29. The molecule has 1 aliphatic heterocycles. The molecule has 1 saturated heterocycles. The lowest BCUT2D eigenvalue weighted by molar-refractivity contribution is 0.0697. The highest BCUT2D eigenvalue weighted by Crippen LogP contribution is 2.18. The standard InChI is InChI=1S/C10H12ClN3O2/c11-8-5-7(10(15)16)6-9(13-8)14-3-1-12-2-4-14/h5-6,12H,1-4H2,(H,15,16). The van der Waals surface area contributed by atoms with E-state index in [4.69, 9.17) is 16.7 Å². The fraction of sp³-hybridized carbons (Fsp3) is 0.400. The third-order valence-electron chi connectivity index (χ3n) is 2.47. The highest BCUT2D eigenvalue weighted by atomic mass is 35.5. The maximum absolute atomic E-state index is 10.9. The molecule has 0 aliphatic carbocycles. The molecule has 16 heavy (non-hydrogen) atoms. The predicted octanol–water partition coefficient (Wildman–Crippen LogP) is 0.843. The van der Waals surface area contributed by atoms with E-state index in [9.17, 15) is 4.79 Å². The summed E-state index contributed by atoms with van der Waals surface area (Å²) in [6.07, 6.45) is 0. The molecule has 1 aliphatic rings. The van der Waals surface area contributed by atoms with Crippen molar-refractivity contribution >= 4 is 23.4 Å². The number of aromatic nitrogens is 1. The Balaban J connectivity index is 2.28.